The van der Waals surface area contributed by atoms with E-state index in [1.54, 1.807) is 6.07 Å². The van der Waals surface area contributed by atoms with Crippen molar-refractivity contribution in [3.8, 4) is 6.01 Å². The van der Waals surface area contributed by atoms with Crippen LogP contribution in [0.4, 0.5) is 17.6 Å². The lowest BCUT2D eigenvalue weighted by Crippen LogP contribution is -2.13. The normalized spacial score (nSPS) is 10.2. The van der Waals surface area contributed by atoms with E-state index in [2.05, 4.69) is 25.7 Å². The number of hydrazine groups is 1. The highest BCUT2D eigenvalue weighted by Crippen LogP contribution is 2.24. The predicted octanol–water partition coefficient (Wildman–Crippen LogP) is 2.34. The Kier molecular flexibility index (Phi) is 4.91. The summed E-state index contributed by atoms with van der Waals surface area (Å²) in [5.41, 5.74) is 3.05. The average Bonchev–Trinajstić information content (AvgIpc) is 2.47. The number of para-hydroxylation sites is 1. The number of hydrogen-bond donors (Lipinski definition) is 3. The molecule has 2 rings (SSSR count). The van der Waals surface area contributed by atoms with Crippen molar-refractivity contribution in [1.29, 1.82) is 0 Å². The van der Waals surface area contributed by atoms with Crippen molar-refractivity contribution < 1.29 is 4.74 Å². The molecule has 4 N–H and O–H groups in total. The molecule has 0 amide bonds. The second kappa shape index (κ2) is 6.88. The molecule has 0 bridgehead atoms. The largest absolute Gasteiger partial charge is 0.463 e. The molecule has 1 aromatic carbocycles. The molecule has 0 saturated carbocycles. The Bertz CT molecular complexity index is 580. The standard InChI is InChI=1S/C12H15ClN6O/c1-2-7-20-12-17-10(16-11(18-12)19-14)15-9-6-4-3-5-8(9)13/h3-6H,2,7,14H2,1H3,(H2,15,16,17,18,19). The van der Waals surface area contributed by atoms with E-state index in [0.717, 1.165) is 6.42 Å². The molecule has 0 fully saturated rings. The molecule has 1 heterocycles. The molecule has 7 nitrogen and oxygen atoms in total. The number of aromatic nitrogens is 3. The number of benzene rings is 1. The minimum absolute atomic E-state index is 0.198. The molecule has 0 radical (unpaired) electrons. The van der Waals surface area contributed by atoms with Crippen LogP contribution in [-0.2, 0) is 0 Å². The molecule has 2 aromatic rings. The van der Waals surface area contributed by atoms with Gasteiger partial charge in [-0.15, -0.1) is 0 Å². The fraction of sp³-hybridized carbons (Fsp3) is 0.250. The van der Waals surface area contributed by atoms with Crippen LogP contribution in [0.1, 0.15) is 13.3 Å². The summed E-state index contributed by atoms with van der Waals surface area (Å²) in [7, 11) is 0. The highest BCUT2D eigenvalue weighted by Gasteiger charge is 2.08. The van der Waals surface area contributed by atoms with Crippen LogP contribution in [0.3, 0.4) is 0 Å². The third kappa shape index (κ3) is 3.69. The van der Waals surface area contributed by atoms with Crippen molar-refractivity contribution in [2.24, 2.45) is 5.84 Å². The molecule has 0 aliphatic carbocycles. The van der Waals surface area contributed by atoms with E-state index in [9.17, 15) is 0 Å². The zero-order valence-electron chi connectivity index (χ0n) is 10.9. The van der Waals surface area contributed by atoms with Crippen LogP contribution >= 0.6 is 11.6 Å². The minimum atomic E-state index is 0.198. The van der Waals surface area contributed by atoms with Crippen LogP contribution in [0.2, 0.25) is 5.02 Å². The van der Waals surface area contributed by atoms with Crippen molar-refractivity contribution in [3.63, 3.8) is 0 Å². The number of halogens is 1. The first-order chi connectivity index (χ1) is 9.72. The van der Waals surface area contributed by atoms with Gasteiger partial charge in [0.25, 0.3) is 0 Å². The monoisotopic (exact) mass is 294 g/mol. The van der Waals surface area contributed by atoms with Gasteiger partial charge in [-0.25, -0.2) is 5.84 Å². The Morgan fingerprint density at radius 2 is 1.95 bits per heavy atom. The lowest BCUT2D eigenvalue weighted by molar-refractivity contribution is 0.292. The molecule has 8 heteroatoms. The summed E-state index contributed by atoms with van der Waals surface area (Å²) >= 11 is 6.07. The number of nitrogens with zero attached hydrogens (tertiary/aromatic N) is 3. The van der Waals surface area contributed by atoms with Gasteiger partial charge in [0.2, 0.25) is 11.9 Å². The van der Waals surface area contributed by atoms with Crippen LogP contribution in [-0.4, -0.2) is 21.6 Å². The Morgan fingerprint density at radius 3 is 2.65 bits per heavy atom. The van der Waals surface area contributed by atoms with Crippen LogP contribution in [0.25, 0.3) is 0 Å². The molecule has 0 unspecified atom stereocenters. The maximum atomic E-state index is 6.07. The summed E-state index contributed by atoms with van der Waals surface area (Å²) in [5.74, 6) is 5.83. The van der Waals surface area contributed by atoms with Gasteiger partial charge in [-0.3, -0.25) is 5.43 Å². The van der Waals surface area contributed by atoms with E-state index in [4.69, 9.17) is 22.2 Å². The number of rotatable bonds is 6. The van der Waals surface area contributed by atoms with Crippen LogP contribution in [0.5, 0.6) is 6.01 Å². The van der Waals surface area contributed by atoms with Gasteiger partial charge >= 0.3 is 6.01 Å². The van der Waals surface area contributed by atoms with E-state index in [1.807, 2.05) is 25.1 Å². The van der Waals surface area contributed by atoms with Gasteiger partial charge in [-0.2, -0.15) is 15.0 Å². The fourth-order valence-electron chi connectivity index (χ4n) is 1.42. The van der Waals surface area contributed by atoms with Gasteiger partial charge in [0.15, 0.2) is 0 Å². The van der Waals surface area contributed by atoms with Gasteiger partial charge in [-0.05, 0) is 18.6 Å². The summed E-state index contributed by atoms with van der Waals surface area (Å²) in [6.45, 7) is 2.51. The van der Waals surface area contributed by atoms with E-state index in [0.29, 0.717) is 23.3 Å². The van der Waals surface area contributed by atoms with Gasteiger partial charge in [-0.1, -0.05) is 30.7 Å². The van der Waals surface area contributed by atoms with Gasteiger partial charge in [0.05, 0.1) is 17.3 Å². The summed E-state index contributed by atoms with van der Waals surface area (Å²) in [6, 6.07) is 7.47. The predicted molar refractivity (Wildman–Crippen MR) is 78.2 cm³/mol. The Hall–Kier alpha value is -2.12. The number of hydrogen-bond acceptors (Lipinski definition) is 7. The van der Waals surface area contributed by atoms with Gasteiger partial charge in [0.1, 0.15) is 0 Å². The Morgan fingerprint density at radius 1 is 1.20 bits per heavy atom. The highest BCUT2D eigenvalue weighted by atomic mass is 35.5. The third-order valence-corrected chi connectivity index (χ3v) is 2.63. The molecule has 20 heavy (non-hydrogen) atoms. The van der Waals surface area contributed by atoms with Crippen molar-refractivity contribution in [1.82, 2.24) is 15.0 Å². The van der Waals surface area contributed by atoms with E-state index < -0.39 is 0 Å². The third-order valence-electron chi connectivity index (χ3n) is 2.30. The zero-order chi connectivity index (χ0) is 14.4. The van der Waals surface area contributed by atoms with Gasteiger partial charge < -0.3 is 10.1 Å². The maximum Gasteiger partial charge on any atom is 0.323 e. The quantitative estimate of drug-likeness (QED) is 0.555. The topological polar surface area (TPSA) is 98.0 Å². The summed E-state index contributed by atoms with van der Waals surface area (Å²) < 4.78 is 5.38. The first-order valence-electron chi connectivity index (χ1n) is 6.10. The first kappa shape index (κ1) is 14.3. The molecular weight excluding hydrogens is 280 g/mol. The lowest BCUT2D eigenvalue weighted by atomic mass is 10.3. The Balaban J connectivity index is 2.24. The van der Waals surface area contributed by atoms with Gasteiger partial charge in [0, 0.05) is 0 Å². The second-order valence-corrected chi connectivity index (χ2v) is 4.27. The summed E-state index contributed by atoms with van der Waals surface area (Å²) in [4.78, 5) is 12.2. The van der Waals surface area contributed by atoms with E-state index in [1.165, 1.54) is 0 Å². The highest BCUT2D eigenvalue weighted by molar-refractivity contribution is 6.33. The smallest absolute Gasteiger partial charge is 0.323 e. The number of nitrogens with one attached hydrogen (secondary N) is 2. The number of anilines is 3. The molecule has 1 aromatic heterocycles. The fourth-order valence-corrected chi connectivity index (χ4v) is 1.60. The number of ether oxygens (including phenoxy) is 1. The van der Waals surface area contributed by atoms with Crippen LogP contribution in [0.15, 0.2) is 24.3 Å². The molecule has 0 saturated heterocycles. The van der Waals surface area contributed by atoms with Crippen molar-refractivity contribution in [2.45, 2.75) is 13.3 Å². The molecule has 0 spiro atoms. The first-order valence-corrected chi connectivity index (χ1v) is 6.47. The number of nitrogen functional groups attached to an aromatic ring is 1. The van der Waals surface area contributed by atoms with E-state index >= 15 is 0 Å². The number of nitrogens with two attached hydrogens (primary N) is 1. The maximum absolute atomic E-state index is 6.07. The van der Waals surface area contributed by atoms with Crippen molar-refractivity contribution in [2.75, 3.05) is 17.3 Å². The SMILES string of the molecule is CCCOc1nc(NN)nc(Nc2ccccc2Cl)n1. The summed E-state index contributed by atoms with van der Waals surface area (Å²) in [5, 5.41) is 3.56. The van der Waals surface area contributed by atoms with Crippen LogP contribution < -0.4 is 21.3 Å². The second-order valence-electron chi connectivity index (χ2n) is 3.86. The van der Waals surface area contributed by atoms with E-state index in [-0.39, 0.29) is 12.0 Å². The average molecular weight is 295 g/mol. The zero-order valence-corrected chi connectivity index (χ0v) is 11.7. The molecule has 0 atom stereocenters. The van der Waals surface area contributed by atoms with Crippen molar-refractivity contribution >= 4 is 29.2 Å². The minimum Gasteiger partial charge on any atom is -0.463 e. The van der Waals surface area contributed by atoms with Crippen LogP contribution in [0, 0.1) is 0 Å². The van der Waals surface area contributed by atoms with Crippen molar-refractivity contribution in [3.05, 3.63) is 29.3 Å². The molecule has 106 valence electrons. The molecule has 0 aliphatic heterocycles. The molecular formula is C12H15ClN6O. The molecule has 0 aliphatic rings. The lowest BCUT2D eigenvalue weighted by Gasteiger charge is -2.09. The summed E-state index contributed by atoms with van der Waals surface area (Å²) in [6.07, 6.45) is 0.852. The Labute approximate surface area is 121 Å².